The largest absolute Gasteiger partial charge is 0.355 e. The van der Waals surface area contributed by atoms with Gasteiger partial charge >= 0.3 is 0 Å². The number of rotatable bonds is 9. The quantitative estimate of drug-likeness (QED) is 0.552. The van der Waals surface area contributed by atoms with Crippen LogP contribution in [0, 0.1) is 0 Å². The molecule has 2 aromatic rings. The first-order valence-corrected chi connectivity index (χ1v) is 11.4. The predicted molar refractivity (Wildman–Crippen MR) is 120 cm³/mol. The molecular weight excluding hydrogens is 460 g/mol. The van der Waals surface area contributed by atoms with Gasteiger partial charge in [-0.05, 0) is 49.2 Å². The van der Waals surface area contributed by atoms with Crippen molar-refractivity contribution in [2.24, 2.45) is 0 Å². The number of thioether (sulfide) groups is 1. The van der Waals surface area contributed by atoms with Crippen LogP contribution in [-0.2, 0) is 21.9 Å². The summed E-state index contributed by atoms with van der Waals surface area (Å²) in [6.45, 7) is 4.56. The number of nitrogens with zero attached hydrogens (tertiary/aromatic N) is 1. The summed E-state index contributed by atoms with van der Waals surface area (Å²) in [4.78, 5) is 26.9. The second kappa shape index (κ2) is 11.5. The van der Waals surface area contributed by atoms with Crippen molar-refractivity contribution in [2.45, 2.75) is 32.2 Å². The average molecular weight is 484 g/mol. The highest BCUT2D eigenvalue weighted by Gasteiger charge is 2.25. The lowest BCUT2D eigenvalue weighted by molar-refractivity contribution is -0.138. The summed E-state index contributed by atoms with van der Waals surface area (Å²) in [6, 6.07) is 14.8. The molecule has 2 aromatic carbocycles. The topological polar surface area (TPSA) is 49.4 Å². The van der Waals surface area contributed by atoms with Gasteiger partial charge in [0, 0.05) is 28.3 Å². The SMILES string of the molecule is CCNC(=O)[C@H](C)N(Cc1ccc(Br)cc1)C(=O)CSCc1cccc(Cl)c1. The standard InChI is InChI=1S/C21H24BrClN2O2S/c1-3-24-21(27)15(2)25(12-16-7-9-18(22)10-8-16)20(26)14-28-13-17-5-4-6-19(23)11-17/h4-11,15H,3,12-14H2,1-2H3,(H,24,27)/t15-/m0/s1. The van der Waals surface area contributed by atoms with Crippen LogP contribution in [0.25, 0.3) is 0 Å². The van der Waals surface area contributed by atoms with Crippen LogP contribution in [-0.4, -0.2) is 35.1 Å². The molecule has 0 saturated heterocycles. The molecule has 150 valence electrons. The number of halogens is 2. The monoisotopic (exact) mass is 482 g/mol. The van der Waals surface area contributed by atoms with E-state index in [0.717, 1.165) is 15.6 Å². The molecular formula is C21H24BrClN2O2S. The number of likely N-dealkylation sites (N-methyl/N-ethyl adjacent to an activating group) is 1. The molecule has 0 radical (unpaired) electrons. The Kier molecular flexibility index (Phi) is 9.35. The Bertz CT molecular complexity index is 801. The second-order valence-electron chi connectivity index (χ2n) is 6.34. The maximum atomic E-state index is 12.9. The molecule has 1 atom stereocenters. The van der Waals surface area contributed by atoms with Gasteiger partial charge < -0.3 is 10.2 Å². The van der Waals surface area contributed by atoms with Crippen molar-refractivity contribution in [2.75, 3.05) is 12.3 Å². The summed E-state index contributed by atoms with van der Waals surface area (Å²) in [5, 5.41) is 3.49. The maximum absolute atomic E-state index is 12.9. The minimum absolute atomic E-state index is 0.0614. The molecule has 28 heavy (non-hydrogen) atoms. The van der Waals surface area contributed by atoms with Gasteiger partial charge in [-0.2, -0.15) is 0 Å². The fourth-order valence-corrected chi connectivity index (χ4v) is 3.99. The van der Waals surface area contributed by atoms with Crippen molar-refractivity contribution in [3.63, 3.8) is 0 Å². The van der Waals surface area contributed by atoms with Crippen LogP contribution in [0.1, 0.15) is 25.0 Å². The molecule has 2 amide bonds. The van der Waals surface area contributed by atoms with E-state index in [0.29, 0.717) is 29.6 Å². The van der Waals surface area contributed by atoms with Crippen molar-refractivity contribution in [3.8, 4) is 0 Å². The molecule has 2 rings (SSSR count). The zero-order valence-corrected chi connectivity index (χ0v) is 19.1. The fraction of sp³-hybridized carbons (Fsp3) is 0.333. The lowest BCUT2D eigenvalue weighted by Gasteiger charge is -2.28. The molecule has 0 saturated carbocycles. The van der Waals surface area contributed by atoms with Crippen LogP contribution in [0.15, 0.2) is 53.0 Å². The first kappa shape index (κ1) is 22.8. The van der Waals surface area contributed by atoms with Gasteiger partial charge in [0.1, 0.15) is 6.04 Å². The zero-order valence-electron chi connectivity index (χ0n) is 16.0. The summed E-state index contributed by atoms with van der Waals surface area (Å²) >= 11 is 10.9. The Hall–Kier alpha value is -1.50. The van der Waals surface area contributed by atoms with Crippen molar-refractivity contribution < 1.29 is 9.59 Å². The van der Waals surface area contributed by atoms with Gasteiger partial charge in [-0.3, -0.25) is 9.59 Å². The lowest BCUT2D eigenvalue weighted by Crippen LogP contribution is -2.48. The first-order valence-electron chi connectivity index (χ1n) is 9.04. The highest BCUT2D eigenvalue weighted by atomic mass is 79.9. The smallest absolute Gasteiger partial charge is 0.242 e. The van der Waals surface area contributed by atoms with Crippen molar-refractivity contribution in [1.82, 2.24) is 10.2 Å². The number of amides is 2. The Morgan fingerprint density at radius 3 is 2.54 bits per heavy atom. The second-order valence-corrected chi connectivity index (χ2v) is 8.68. The summed E-state index contributed by atoms with van der Waals surface area (Å²) in [5.74, 6) is 0.780. The first-order chi connectivity index (χ1) is 13.4. The van der Waals surface area contributed by atoms with E-state index in [1.165, 1.54) is 11.8 Å². The third-order valence-electron chi connectivity index (χ3n) is 4.17. The Balaban J connectivity index is 2.04. The molecule has 0 bridgehead atoms. The Morgan fingerprint density at radius 2 is 1.89 bits per heavy atom. The van der Waals surface area contributed by atoms with E-state index in [4.69, 9.17) is 11.6 Å². The lowest BCUT2D eigenvalue weighted by atomic mass is 10.1. The van der Waals surface area contributed by atoms with E-state index in [2.05, 4.69) is 21.2 Å². The number of hydrogen-bond donors (Lipinski definition) is 1. The normalized spacial score (nSPS) is 11.7. The molecule has 0 aromatic heterocycles. The Labute approximate surface area is 184 Å². The highest BCUT2D eigenvalue weighted by molar-refractivity contribution is 9.10. The number of hydrogen-bond acceptors (Lipinski definition) is 3. The van der Waals surface area contributed by atoms with E-state index >= 15 is 0 Å². The molecule has 0 aliphatic rings. The van der Waals surface area contributed by atoms with Crippen molar-refractivity contribution in [1.29, 1.82) is 0 Å². The van der Waals surface area contributed by atoms with E-state index in [1.807, 2.05) is 55.5 Å². The van der Waals surface area contributed by atoms with E-state index in [1.54, 1.807) is 11.8 Å². The van der Waals surface area contributed by atoms with Gasteiger partial charge in [0.05, 0.1) is 5.75 Å². The third kappa shape index (κ3) is 7.15. The van der Waals surface area contributed by atoms with Gasteiger partial charge in [0.15, 0.2) is 0 Å². The zero-order chi connectivity index (χ0) is 20.5. The van der Waals surface area contributed by atoms with Crippen molar-refractivity contribution >= 4 is 51.1 Å². The van der Waals surface area contributed by atoms with Gasteiger partial charge in [0.2, 0.25) is 11.8 Å². The van der Waals surface area contributed by atoms with Crippen LogP contribution in [0.5, 0.6) is 0 Å². The summed E-state index contributed by atoms with van der Waals surface area (Å²) < 4.78 is 0.975. The van der Waals surface area contributed by atoms with Crippen LogP contribution in [0.4, 0.5) is 0 Å². The molecule has 7 heteroatoms. The number of nitrogens with one attached hydrogen (secondary N) is 1. The molecule has 0 spiro atoms. The van der Waals surface area contributed by atoms with E-state index < -0.39 is 6.04 Å². The Morgan fingerprint density at radius 1 is 1.18 bits per heavy atom. The van der Waals surface area contributed by atoms with Crippen LogP contribution < -0.4 is 5.32 Å². The summed E-state index contributed by atoms with van der Waals surface area (Å²) in [7, 11) is 0. The van der Waals surface area contributed by atoms with Gasteiger partial charge in [-0.1, -0.05) is 51.8 Å². The van der Waals surface area contributed by atoms with E-state index in [9.17, 15) is 9.59 Å². The van der Waals surface area contributed by atoms with Gasteiger partial charge in [-0.25, -0.2) is 0 Å². The molecule has 0 aliphatic carbocycles. The molecule has 0 heterocycles. The highest BCUT2D eigenvalue weighted by Crippen LogP contribution is 2.19. The molecule has 4 nitrogen and oxygen atoms in total. The molecule has 0 aliphatic heterocycles. The predicted octanol–water partition coefficient (Wildman–Crippen LogP) is 4.89. The fourth-order valence-electron chi connectivity index (χ4n) is 2.66. The molecule has 1 N–H and O–H groups in total. The number of carbonyl (C=O) groups is 2. The summed E-state index contributed by atoms with van der Waals surface area (Å²) in [6.07, 6.45) is 0. The summed E-state index contributed by atoms with van der Waals surface area (Å²) in [5.41, 5.74) is 2.05. The minimum Gasteiger partial charge on any atom is -0.355 e. The van der Waals surface area contributed by atoms with E-state index in [-0.39, 0.29) is 11.8 Å². The number of benzene rings is 2. The van der Waals surface area contributed by atoms with Crippen LogP contribution >= 0.6 is 39.3 Å². The van der Waals surface area contributed by atoms with Crippen LogP contribution in [0.3, 0.4) is 0 Å². The van der Waals surface area contributed by atoms with Crippen LogP contribution in [0.2, 0.25) is 5.02 Å². The number of carbonyl (C=O) groups excluding carboxylic acids is 2. The maximum Gasteiger partial charge on any atom is 0.242 e. The molecule has 0 unspecified atom stereocenters. The van der Waals surface area contributed by atoms with Crippen molar-refractivity contribution in [3.05, 3.63) is 69.2 Å². The molecule has 0 fully saturated rings. The minimum atomic E-state index is -0.539. The van der Waals surface area contributed by atoms with Gasteiger partial charge in [0.25, 0.3) is 0 Å². The average Bonchev–Trinajstić information content (AvgIpc) is 2.67. The van der Waals surface area contributed by atoms with Gasteiger partial charge in [-0.15, -0.1) is 11.8 Å². The third-order valence-corrected chi connectivity index (χ3v) is 5.92.